The van der Waals surface area contributed by atoms with Crippen LogP contribution in [0.4, 0.5) is 14.9 Å². The fourth-order valence-corrected chi connectivity index (χ4v) is 3.43. The predicted octanol–water partition coefficient (Wildman–Crippen LogP) is 2.36. The van der Waals surface area contributed by atoms with Gasteiger partial charge in [0.05, 0.1) is 11.6 Å². The van der Waals surface area contributed by atoms with Crippen LogP contribution in [0.15, 0.2) is 24.3 Å². The zero-order valence-corrected chi connectivity index (χ0v) is 15.5. The van der Waals surface area contributed by atoms with E-state index in [1.807, 2.05) is 0 Å². The van der Waals surface area contributed by atoms with Crippen LogP contribution in [0.1, 0.15) is 25.7 Å². The van der Waals surface area contributed by atoms with Crippen molar-refractivity contribution in [1.29, 1.82) is 0 Å². The third-order valence-corrected chi connectivity index (χ3v) is 4.88. The highest BCUT2D eigenvalue weighted by molar-refractivity contribution is 5.90. The first-order chi connectivity index (χ1) is 12.1. The van der Waals surface area contributed by atoms with Crippen LogP contribution in [0.3, 0.4) is 0 Å². The maximum Gasteiger partial charge on any atom is 0.321 e. The molecule has 0 aromatic heterocycles. The monoisotopic (exact) mass is 384 g/mol. The minimum Gasteiger partial charge on any atom is -0.354 e. The summed E-state index contributed by atoms with van der Waals surface area (Å²) in [5.74, 6) is -0.676. The van der Waals surface area contributed by atoms with Gasteiger partial charge in [-0.15, -0.1) is 12.4 Å². The molecule has 2 saturated heterocycles. The Balaban J connectivity index is 0.00000243. The van der Waals surface area contributed by atoms with Gasteiger partial charge in [-0.3, -0.25) is 4.79 Å². The molecule has 3 amide bonds. The first-order valence-electron chi connectivity index (χ1n) is 8.95. The van der Waals surface area contributed by atoms with E-state index in [9.17, 15) is 14.0 Å². The van der Waals surface area contributed by atoms with Gasteiger partial charge < -0.3 is 20.9 Å². The van der Waals surface area contributed by atoms with Crippen molar-refractivity contribution in [2.75, 3.05) is 31.5 Å². The van der Waals surface area contributed by atoms with Gasteiger partial charge in [0.15, 0.2) is 0 Å². The molecule has 0 bridgehead atoms. The largest absolute Gasteiger partial charge is 0.354 e. The van der Waals surface area contributed by atoms with Crippen molar-refractivity contribution in [1.82, 2.24) is 15.5 Å². The summed E-state index contributed by atoms with van der Waals surface area (Å²) in [6, 6.07) is 6.07. The molecule has 0 radical (unpaired) electrons. The first-order valence-corrected chi connectivity index (χ1v) is 8.95. The quantitative estimate of drug-likeness (QED) is 0.746. The first kappa shape index (κ1) is 20.5. The molecule has 6 nitrogen and oxygen atoms in total. The summed E-state index contributed by atoms with van der Waals surface area (Å²) in [5.41, 5.74) is 0.159. The maximum absolute atomic E-state index is 13.7. The second-order valence-corrected chi connectivity index (χ2v) is 6.73. The van der Waals surface area contributed by atoms with Gasteiger partial charge in [0, 0.05) is 25.7 Å². The van der Waals surface area contributed by atoms with E-state index < -0.39 is 5.82 Å². The number of hydrogen-bond donors (Lipinski definition) is 3. The lowest BCUT2D eigenvalue weighted by molar-refractivity contribution is -0.126. The number of nitrogens with zero attached hydrogens (tertiary/aromatic N) is 1. The van der Waals surface area contributed by atoms with Crippen LogP contribution >= 0.6 is 12.4 Å². The van der Waals surface area contributed by atoms with Crippen molar-refractivity contribution in [3.63, 3.8) is 0 Å². The number of carbonyl (C=O) groups is 2. The van der Waals surface area contributed by atoms with Gasteiger partial charge in [-0.25, -0.2) is 9.18 Å². The Bertz CT molecular complexity index is 625. The Hall–Kier alpha value is -1.86. The summed E-state index contributed by atoms with van der Waals surface area (Å²) < 4.78 is 13.7. The standard InChI is InChI=1S/C18H25FN4O2.ClH/c19-15-7-1-2-8-16(15)22-18(25)23-10-4-5-13(12-23)17(24)21-11-14-6-3-9-20-14;/h1-2,7-8,13-14,20H,3-6,9-12H2,(H,21,24)(H,22,25);1H. The van der Waals surface area contributed by atoms with Crippen molar-refractivity contribution in [3.05, 3.63) is 30.1 Å². The number of piperidine rings is 1. The molecular formula is C18H26ClFN4O2. The Morgan fingerprint density at radius 3 is 2.77 bits per heavy atom. The molecule has 1 aromatic carbocycles. The van der Waals surface area contributed by atoms with Crippen LogP contribution in [-0.2, 0) is 4.79 Å². The van der Waals surface area contributed by atoms with E-state index in [2.05, 4.69) is 16.0 Å². The summed E-state index contributed by atoms with van der Waals surface area (Å²) >= 11 is 0. The SMILES string of the molecule is Cl.O=C(NCC1CCCN1)C1CCCN(C(=O)Nc2ccccc2F)C1. The summed E-state index contributed by atoms with van der Waals surface area (Å²) in [6.07, 6.45) is 3.77. The van der Waals surface area contributed by atoms with Gasteiger partial charge in [-0.2, -0.15) is 0 Å². The predicted molar refractivity (Wildman–Crippen MR) is 101 cm³/mol. The van der Waals surface area contributed by atoms with Gasteiger partial charge in [-0.05, 0) is 44.4 Å². The zero-order chi connectivity index (χ0) is 17.6. The van der Waals surface area contributed by atoms with Crippen molar-refractivity contribution in [3.8, 4) is 0 Å². The molecule has 2 unspecified atom stereocenters. The molecule has 2 aliphatic heterocycles. The number of rotatable bonds is 4. The highest BCUT2D eigenvalue weighted by Gasteiger charge is 2.29. The highest BCUT2D eigenvalue weighted by Crippen LogP contribution is 2.19. The van der Waals surface area contributed by atoms with Crippen molar-refractivity contribution in [2.24, 2.45) is 5.92 Å². The molecule has 1 aromatic rings. The Kier molecular flexibility index (Phi) is 7.66. The smallest absolute Gasteiger partial charge is 0.321 e. The van der Waals surface area contributed by atoms with E-state index in [1.165, 1.54) is 12.1 Å². The molecule has 2 aliphatic rings. The fourth-order valence-electron chi connectivity index (χ4n) is 3.43. The average Bonchev–Trinajstić information content (AvgIpc) is 3.15. The number of nitrogens with one attached hydrogen (secondary N) is 3. The molecule has 3 rings (SSSR count). The molecule has 8 heteroatoms. The van der Waals surface area contributed by atoms with Crippen LogP contribution in [0.25, 0.3) is 0 Å². The van der Waals surface area contributed by atoms with Gasteiger partial charge >= 0.3 is 6.03 Å². The summed E-state index contributed by atoms with van der Waals surface area (Å²) in [7, 11) is 0. The van der Waals surface area contributed by atoms with Crippen molar-refractivity contribution >= 4 is 30.0 Å². The Labute approximate surface area is 159 Å². The second kappa shape index (κ2) is 9.73. The molecule has 2 fully saturated rings. The lowest BCUT2D eigenvalue weighted by Gasteiger charge is -2.32. The van der Waals surface area contributed by atoms with E-state index >= 15 is 0 Å². The van der Waals surface area contributed by atoms with E-state index in [0.717, 1.165) is 32.2 Å². The van der Waals surface area contributed by atoms with Crippen LogP contribution in [0, 0.1) is 11.7 Å². The van der Waals surface area contributed by atoms with E-state index in [4.69, 9.17) is 0 Å². The average molecular weight is 385 g/mol. The number of benzene rings is 1. The third kappa shape index (κ3) is 5.32. The molecule has 2 atom stereocenters. The molecule has 0 aliphatic carbocycles. The van der Waals surface area contributed by atoms with Gasteiger partial charge in [-0.1, -0.05) is 12.1 Å². The summed E-state index contributed by atoms with van der Waals surface area (Å²) in [5, 5.41) is 8.93. The number of halogens is 2. The number of anilines is 1. The molecule has 26 heavy (non-hydrogen) atoms. The number of likely N-dealkylation sites (tertiary alicyclic amines) is 1. The van der Waals surface area contributed by atoms with Gasteiger partial charge in [0.1, 0.15) is 5.82 Å². The van der Waals surface area contributed by atoms with Gasteiger partial charge in [0.25, 0.3) is 0 Å². The van der Waals surface area contributed by atoms with E-state index in [0.29, 0.717) is 25.7 Å². The van der Waals surface area contributed by atoms with Crippen molar-refractivity contribution < 1.29 is 14.0 Å². The summed E-state index contributed by atoms with van der Waals surface area (Å²) in [4.78, 5) is 26.3. The number of amides is 3. The number of carbonyl (C=O) groups excluding carboxylic acids is 2. The fraction of sp³-hybridized carbons (Fsp3) is 0.556. The van der Waals surface area contributed by atoms with Crippen molar-refractivity contribution in [2.45, 2.75) is 31.7 Å². The molecule has 0 spiro atoms. The Morgan fingerprint density at radius 2 is 2.04 bits per heavy atom. The lowest BCUT2D eigenvalue weighted by atomic mass is 9.97. The molecule has 144 valence electrons. The van der Waals surface area contributed by atoms with Crippen LogP contribution in [0.2, 0.25) is 0 Å². The number of para-hydroxylation sites is 1. The van der Waals surface area contributed by atoms with Gasteiger partial charge in [0.2, 0.25) is 5.91 Å². The Morgan fingerprint density at radius 1 is 1.23 bits per heavy atom. The topological polar surface area (TPSA) is 73.5 Å². The zero-order valence-electron chi connectivity index (χ0n) is 14.7. The van der Waals surface area contributed by atoms with E-state index in [1.54, 1.807) is 17.0 Å². The maximum atomic E-state index is 13.7. The molecule has 0 saturated carbocycles. The minimum atomic E-state index is -0.466. The van der Waals surface area contributed by atoms with Crippen LogP contribution in [-0.4, -0.2) is 49.1 Å². The molecule has 3 N–H and O–H groups in total. The number of hydrogen-bond acceptors (Lipinski definition) is 3. The normalized spacial score (nSPS) is 22.4. The summed E-state index contributed by atoms with van der Waals surface area (Å²) in [6.45, 7) is 2.59. The lowest BCUT2D eigenvalue weighted by Crippen LogP contribution is -2.48. The molecular weight excluding hydrogens is 359 g/mol. The second-order valence-electron chi connectivity index (χ2n) is 6.73. The minimum absolute atomic E-state index is 0. The molecule has 2 heterocycles. The van der Waals surface area contributed by atoms with Crippen LogP contribution in [0.5, 0.6) is 0 Å². The highest BCUT2D eigenvalue weighted by atomic mass is 35.5. The van der Waals surface area contributed by atoms with Crippen LogP contribution < -0.4 is 16.0 Å². The third-order valence-electron chi connectivity index (χ3n) is 4.88. The number of urea groups is 1. The van der Waals surface area contributed by atoms with E-state index in [-0.39, 0.29) is 36.0 Å².